The van der Waals surface area contributed by atoms with E-state index in [1.165, 1.54) is 11.3 Å². The molecule has 0 amide bonds. The summed E-state index contributed by atoms with van der Waals surface area (Å²) in [6, 6.07) is 8.71. The molecule has 2 bridgehead atoms. The van der Waals surface area contributed by atoms with E-state index in [2.05, 4.69) is 17.4 Å². The fourth-order valence-electron chi connectivity index (χ4n) is 2.61. The summed E-state index contributed by atoms with van der Waals surface area (Å²) in [5.74, 6) is 0.599. The second kappa shape index (κ2) is 2.84. The van der Waals surface area contributed by atoms with Gasteiger partial charge in [-0.15, -0.1) is 0 Å². The Morgan fingerprint density at radius 1 is 1.29 bits per heavy atom. The predicted molar refractivity (Wildman–Crippen MR) is 55.5 cm³/mol. The van der Waals surface area contributed by atoms with Gasteiger partial charge in [-0.2, -0.15) is 0 Å². The molecule has 14 heavy (non-hydrogen) atoms. The summed E-state index contributed by atoms with van der Waals surface area (Å²) in [6.45, 7) is 0. The standard InChI is InChI=1S/C12H13NO/c14-12-6-5-8-7-10(12)9-3-1-2-4-11(9)13-8/h1-4,8,10,13H,5-7H2/t8-,10+/m1/s1. The van der Waals surface area contributed by atoms with Crippen LogP contribution in [0.2, 0.25) is 0 Å². The van der Waals surface area contributed by atoms with E-state index in [4.69, 9.17) is 0 Å². The summed E-state index contributed by atoms with van der Waals surface area (Å²) in [5, 5.41) is 3.50. The number of nitrogens with one attached hydrogen (secondary N) is 1. The van der Waals surface area contributed by atoms with E-state index in [-0.39, 0.29) is 5.92 Å². The molecule has 1 aromatic rings. The zero-order valence-corrected chi connectivity index (χ0v) is 7.99. The second-order valence-corrected chi connectivity index (χ2v) is 4.22. The van der Waals surface area contributed by atoms with Gasteiger partial charge >= 0.3 is 0 Å². The number of carbonyl (C=O) groups is 1. The van der Waals surface area contributed by atoms with Gasteiger partial charge in [0.05, 0.1) is 0 Å². The molecular weight excluding hydrogens is 174 g/mol. The monoisotopic (exact) mass is 187 g/mol. The van der Waals surface area contributed by atoms with Gasteiger partial charge in [0.25, 0.3) is 0 Å². The second-order valence-electron chi connectivity index (χ2n) is 4.22. The molecule has 2 heteroatoms. The topological polar surface area (TPSA) is 29.1 Å². The van der Waals surface area contributed by atoms with E-state index in [1.807, 2.05) is 12.1 Å². The van der Waals surface area contributed by atoms with Crippen LogP contribution >= 0.6 is 0 Å². The number of Topliss-reactive ketones (excluding diaryl/α,β-unsaturated/α-hetero) is 1. The van der Waals surface area contributed by atoms with Crippen LogP contribution in [-0.4, -0.2) is 11.8 Å². The first-order valence-electron chi connectivity index (χ1n) is 5.23. The van der Waals surface area contributed by atoms with Crippen molar-refractivity contribution in [2.24, 2.45) is 0 Å². The molecule has 0 aromatic heterocycles. The summed E-state index contributed by atoms with van der Waals surface area (Å²) in [4.78, 5) is 11.7. The molecule has 1 fully saturated rings. The van der Waals surface area contributed by atoms with Crippen LogP contribution in [0.15, 0.2) is 24.3 Å². The molecule has 2 atom stereocenters. The maximum absolute atomic E-state index is 11.7. The van der Waals surface area contributed by atoms with Crippen LogP contribution in [0.25, 0.3) is 0 Å². The fraction of sp³-hybridized carbons (Fsp3) is 0.417. The van der Waals surface area contributed by atoms with Crippen molar-refractivity contribution in [3.8, 4) is 0 Å². The lowest BCUT2D eigenvalue weighted by Crippen LogP contribution is -2.36. The van der Waals surface area contributed by atoms with Crippen LogP contribution in [0.4, 0.5) is 5.69 Å². The predicted octanol–water partition coefficient (Wildman–Crippen LogP) is 2.32. The Balaban J connectivity index is 2.10. The SMILES string of the molecule is O=C1CC[C@@H]2C[C@H]1c1ccccc1N2. The number of anilines is 1. The number of ketones is 1. The minimum atomic E-state index is 0.172. The third-order valence-electron chi connectivity index (χ3n) is 3.34. The van der Waals surface area contributed by atoms with Crippen LogP contribution in [0.5, 0.6) is 0 Å². The fourth-order valence-corrected chi connectivity index (χ4v) is 2.61. The Bertz CT molecular complexity index is 386. The first-order valence-corrected chi connectivity index (χ1v) is 5.23. The Kier molecular flexibility index (Phi) is 1.63. The summed E-state index contributed by atoms with van der Waals surface area (Å²) >= 11 is 0. The van der Waals surface area contributed by atoms with Gasteiger partial charge in [0.2, 0.25) is 0 Å². The Morgan fingerprint density at radius 3 is 3.07 bits per heavy atom. The van der Waals surface area contributed by atoms with Crippen molar-refractivity contribution in [3.05, 3.63) is 29.8 Å². The number of hydrogen-bond donors (Lipinski definition) is 1. The van der Waals surface area contributed by atoms with E-state index < -0.39 is 0 Å². The van der Waals surface area contributed by atoms with Crippen LogP contribution in [0, 0.1) is 0 Å². The molecule has 0 radical (unpaired) electrons. The molecule has 72 valence electrons. The molecule has 1 aliphatic heterocycles. The number of carbonyl (C=O) groups excluding carboxylic acids is 1. The smallest absolute Gasteiger partial charge is 0.140 e. The molecular formula is C12H13NO. The molecule has 3 rings (SSSR count). The van der Waals surface area contributed by atoms with Crippen molar-refractivity contribution in [2.75, 3.05) is 5.32 Å². The molecule has 1 aliphatic carbocycles. The number of hydrogen-bond acceptors (Lipinski definition) is 2. The van der Waals surface area contributed by atoms with Gasteiger partial charge in [-0.3, -0.25) is 4.79 Å². The molecule has 0 saturated heterocycles. The van der Waals surface area contributed by atoms with E-state index in [1.54, 1.807) is 0 Å². The Morgan fingerprint density at radius 2 is 2.14 bits per heavy atom. The zero-order chi connectivity index (χ0) is 9.54. The molecule has 2 aliphatic rings. The molecule has 1 saturated carbocycles. The number of rotatable bonds is 0. The van der Waals surface area contributed by atoms with Crippen molar-refractivity contribution in [1.29, 1.82) is 0 Å². The third-order valence-corrected chi connectivity index (χ3v) is 3.34. The minimum absolute atomic E-state index is 0.172. The summed E-state index contributed by atoms with van der Waals surface area (Å²) in [7, 11) is 0. The quantitative estimate of drug-likeness (QED) is 0.675. The maximum atomic E-state index is 11.7. The normalized spacial score (nSPS) is 29.3. The van der Waals surface area contributed by atoms with E-state index in [9.17, 15) is 4.79 Å². The Hall–Kier alpha value is -1.31. The first-order chi connectivity index (χ1) is 6.84. The largest absolute Gasteiger partial charge is 0.382 e. The van der Waals surface area contributed by atoms with Gasteiger partial charge in [0.15, 0.2) is 0 Å². The highest BCUT2D eigenvalue weighted by Gasteiger charge is 2.34. The Labute approximate surface area is 83.3 Å². The maximum Gasteiger partial charge on any atom is 0.140 e. The van der Waals surface area contributed by atoms with Gasteiger partial charge in [-0.05, 0) is 24.5 Å². The molecule has 1 heterocycles. The highest BCUT2D eigenvalue weighted by molar-refractivity contribution is 5.89. The van der Waals surface area contributed by atoms with Crippen LogP contribution in [0.1, 0.15) is 30.7 Å². The summed E-state index contributed by atoms with van der Waals surface area (Å²) in [5.41, 5.74) is 2.37. The third kappa shape index (κ3) is 1.07. The lowest BCUT2D eigenvalue weighted by atomic mass is 9.77. The molecule has 0 spiro atoms. The van der Waals surface area contributed by atoms with Gasteiger partial charge in [0, 0.05) is 24.1 Å². The van der Waals surface area contributed by atoms with E-state index in [0.717, 1.165) is 19.3 Å². The molecule has 1 aromatic carbocycles. The number of benzene rings is 1. The van der Waals surface area contributed by atoms with Gasteiger partial charge in [-0.1, -0.05) is 18.2 Å². The number of para-hydroxylation sites is 1. The molecule has 1 N–H and O–H groups in total. The van der Waals surface area contributed by atoms with Crippen molar-refractivity contribution >= 4 is 11.5 Å². The van der Waals surface area contributed by atoms with Crippen LogP contribution in [0.3, 0.4) is 0 Å². The van der Waals surface area contributed by atoms with Gasteiger partial charge in [-0.25, -0.2) is 0 Å². The summed E-state index contributed by atoms with van der Waals surface area (Å²) < 4.78 is 0. The average molecular weight is 187 g/mol. The zero-order valence-electron chi connectivity index (χ0n) is 7.99. The van der Waals surface area contributed by atoms with E-state index >= 15 is 0 Å². The van der Waals surface area contributed by atoms with Crippen LogP contribution in [-0.2, 0) is 4.79 Å². The number of fused-ring (bicyclic) bond motifs is 4. The van der Waals surface area contributed by atoms with Crippen molar-refractivity contribution < 1.29 is 4.79 Å². The van der Waals surface area contributed by atoms with Gasteiger partial charge in [0.1, 0.15) is 5.78 Å². The van der Waals surface area contributed by atoms with Gasteiger partial charge < -0.3 is 5.32 Å². The molecule has 2 nitrogen and oxygen atoms in total. The highest BCUT2D eigenvalue weighted by atomic mass is 16.1. The minimum Gasteiger partial charge on any atom is -0.382 e. The molecule has 0 unspecified atom stereocenters. The lowest BCUT2D eigenvalue weighted by molar-refractivity contribution is -0.122. The highest BCUT2D eigenvalue weighted by Crippen LogP contribution is 2.39. The average Bonchev–Trinajstić information content (AvgIpc) is 2.23. The van der Waals surface area contributed by atoms with E-state index in [0.29, 0.717) is 11.8 Å². The lowest BCUT2D eigenvalue weighted by Gasteiger charge is -2.36. The van der Waals surface area contributed by atoms with Crippen molar-refractivity contribution in [1.82, 2.24) is 0 Å². The van der Waals surface area contributed by atoms with Crippen LogP contribution < -0.4 is 5.32 Å². The van der Waals surface area contributed by atoms with Crippen molar-refractivity contribution in [3.63, 3.8) is 0 Å². The summed E-state index contributed by atoms with van der Waals surface area (Å²) in [6.07, 6.45) is 2.75. The first kappa shape index (κ1) is 8.04. The van der Waals surface area contributed by atoms with Crippen molar-refractivity contribution in [2.45, 2.75) is 31.2 Å².